The van der Waals surface area contributed by atoms with Crippen LogP contribution in [0.15, 0.2) is 54.6 Å². The minimum atomic E-state index is -0.827. The maximum atomic E-state index is 13.0. The molecule has 0 bridgehead atoms. The summed E-state index contributed by atoms with van der Waals surface area (Å²) < 4.78 is 6.21. The Morgan fingerprint density at radius 1 is 1.03 bits per heavy atom. The van der Waals surface area contributed by atoms with Crippen LogP contribution in [0.4, 0.5) is 0 Å². The monoisotopic (exact) mass is 427 g/mol. The van der Waals surface area contributed by atoms with E-state index in [1.165, 1.54) is 30.4 Å². The molecule has 1 fully saturated rings. The van der Waals surface area contributed by atoms with Gasteiger partial charge in [-0.05, 0) is 55.9 Å². The summed E-state index contributed by atoms with van der Waals surface area (Å²) in [6.45, 7) is 6.54. The topological polar surface area (TPSA) is 38.3 Å². The van der Waals surface area contributed by atoms with E-state index >= 15 is 0 Å². The van der Waals surface area contributed by atoms with E-state index in [2.05, 4.69) is 48.6 Å². The number of hydrogen-bond donors (Lipinski definition) is 1. The van der Waals surface area contributed by atoms with Gasteiger partial charge in [-0.1, -0.05) is 80.3 Å². The zero-order valence-corrected chi connectivity index (χ0v) is 19.1. The Bertz CT molecular complexity index is 798. The molecule has 2 atom stereocenters. The van der Waals surface area contributed by atoms with Crippen LogP contribution >= 0.6 is 11.6 Å². The van der Waals surface area contributed by atoms with Crippen LogP contribution in [0.3, 0.4) is 0 Å². The molecule has 30 heavy (non-hydrogen) atoms. The third-order valence-corrected chi connectivity index (χ3v) is 6.52. The lowest BCUT2D eigenvalue weighted by Gasteiger charge is -2.33. The number of ether oxygens (including phenoxy) is 1. The third-order valence-electron chi connectivity index (χ3n) is 6.27. The summed E-state index contributed by atoms with van der Waals surface area (Å²) >= 11 is 6.07. The Morgan fingerprint density at radius 2 is 1.67 bits per heavy atom. The van der Waals surface area contributed by atoms with E-state index < -0.39 is 5.60 Å². The molecule has 1 saturated carbocycles. The molecule has 0 radical (unpaired) electrons. The number of benzene rings is 2. The van der Waals surface area contributed by atoms with Crippen LogP contribution < -0.4 is 5.32 Å². The van der Waals surface area contributed by atoms with Gasteiger partial charge in [-0.2, -0.15) is 0 Å². The van der Waals surface area contributed by atoms with Crippen molar-refractivity contribution in [3.05, 3.63) is 70.7 Å². The summed E-state index contributed by atoms with van der Waals surface area (Å²) in [4.78, 5) is 13.0. The highest BCUT2D eigenvalue weighted by Crippen LogP contribution is 2.33. The number of amides is 1. The first-order chi connectivity index (χ1) is 14.4. The average molecular weight is 428 g/mol. The minimum Gasteiger partial charge on any atom is -0.363 e. The van der Waals surface area contributed by atoms with Crippen molar-refractivity contribution in [2.45, 2.75) is 76.4 Å². The van der Waals surface area contributed by atoms with Gasteiger partial charge in [0.05, 0.1) is 6.10 Å². The summed E-state index contributed by atoms with van der Waals surface area (Å²) in [6, 6.07) is 18.4. The predicted octanol–water partition coefficient (Wildman–Crippen LogP) is 6.47. The van der Waals surface area contributed by atoms with Crippen LogP contribution in [0.1, 0.15) is 75.8 Å². The predicted molar refractivity (Wildman–Crippen MR) is 124 cm³/mol. The molecule has 1 aliphatic rings. The van der Waals surface area contributed by atoms with E-state index in [1.807, 2.05) is 32.0 Å². The lowest BCUT2D eigenvalue weighted by Crippen LogP contribution is -2.47. The number of carbonyl (C=O) groups is 1. The maximum Gasteiger partial charge on any atom is 0.251 e. The number of hydrogen-bond acceptors (Lipinski definition) is 2. The number of carbonyl (C=O) groups excluding carboxylic acids is 1. The normalized spacial score (nSPS) is 17.3. The maximum absolute atomic E-state index is 13.0. The first kappa shape index (κ1) is 22.8. The second-order valence-corrected chi connectivity index (χ2v) is 9.39. The van der Waals surface area contributed by atoms with Crippen molar-refractivity contribution >= 4 is 17.5 Å². The van der Waals surface area contributed by atoms with E-state index in [9.17, 15) is 4.79 Å². The summed E-state index contributed by atoms with van der Waals surface area (Å²) in [6.07, 6.45) is 5.95. The van der Waals surface area contributed by atoms with Gasteiger partial charge in [0.15, 0.2) is 0 Å². The van der Waals surface area contributed by atoms with Gasteiger partial charge >= 0.3 is 0 Å². The molecular formula is C26H34ClNO2. The second kappa shape index (κ2) is 10.5. The van der Waals surface area contributed by atoms with Crippen LogP contribution in [-0.2, 0) is 9.53 Å². The molecule has 162 valence electrons. The van der Waals surface area contributed by atoms with Crippen LogP contribution in [0.25, 0.3) is 0 Å². The van der Waals surface area contributed by atoms with Gasteiger partial charge in [0.1, 0.15) is 5.60 Å². The van der Waals surface area contributed by atoms with E-state index in [1.54, 1.807) is 0 Å². The van der Waals surface area contributed by atoms with Gasteiger partial charge < -0.3 is 10.1 Å². The quantitative estimate of drug-likeness (QED) is 0.524. The molecule has 0 saturated heterocycles. The van der Waals surface area contributed by atoms with Gasteiger partial charge in [0, 0.05) is 17.5 Å². The summed E-state index contributed by atoms with van der Waals surface area (Å²) in [5.74, 6) is 0.339. The number of rotatable bonds is 8. The molecule has 2 aromatic carbocycles. The van der Waals surface area contributed by atoms with Gasteiger partial charge in [0.2, 0.25) is 0 Å². The largest absolute Gasteiger partial charge is 0.363 e. The molecule has 3 rings (SSSR count). The average Bonchev–Trinajstić information content (AvgIpc) is 2.75. The van der Waals surface area contributed by atoms with Gasteiger partial charge in [-0.3, -0.25) is 4.79 Å². The van der Waals surface area contributed by atoms with Crippen molar-refractivity contribution < 1.29 is 9.53 Å². The van der Waals surface area contributed by atoms with Crippen LogP contribution in [-0.4, -0.2) is 24.2 Å². The fourth-order valence-electron chi connectivity index (χ4n) is 4.35. The highest BCUT2D eigenvalue weighted by atomic mass is 35.5. The molecule has 0 aliphatic heterocycles. The number of nitrogens with one attached hydrogen (secondary N) is 1. The molecule has 2 unspecified atom stereocenters. The minimum absolute atomic E-state index is 0.0442. The Balaban J connectivity index is 1.69. The van der Waals surface area contributed by atoms with Crippen molar-refractivity contribution in [3.63, 3.8) is 0 Å². The van der Waals surface area contributed by atoms with E-state index in [0.29, 0.717) is 6.54 Å². The van der Waals surface area contributed by atoms with Crippen molar-refractivity contribution in [3.8, 4) is 0 Å². The highest BCUT2D eigenvalue weighted by molar-refractivity contribution is 6.30. The van der Waals surface area contributed by atoms with Gasteiger partial charge in [0.25, 0.3) is 5.91 Å². The first-order valence-electron chi connectivity index (χ1n) is 11.1. The lowest BCUT2D eigenvalue weighted by molar-refractivity contribution is -0.152. The Kier molecular flexibility index (Phi) is 7.96. The zero-order chi connectivity index (χ0) is 21.6. The molecule has 0 aromatic heterocycles. The van der Waals surface area contributed by atoms with Gasteiger partial charge in [-0.25, -0.2) is 0 Å². The van der Waals surface area contributed by atoms with Crippen LogP contribution in [0.5, 0.6) is 0 Å². The smallest absolute Gasteiger partial charge is 0.251 e. The second-order valence-electron chi connectivity index (χ2n) is 8.96. The Hall–Kier alpha value is -1.84. The molecule has 1 N–H and O–H groups in total. The highest BCUT2D eigenvalue weighted by Gasteiger charge is 2.33. The fraction of sp³-hybridized carbons (Fsp3) is 0.500. The van der Waals surface area contributed by atoms with Crippen molar-refractivity contribution in [2.24, 2.45) is 0 Å². The van der Waals surface area contributed by atoms with E-state index in [4.69, 9.17) is 16.3 Å². The van der Waals surface area contributed by atoms with Crippen LogP contribution in [0.2, 0.25) is 5.02 Å². The summed E-state index contributed by atoms with van der Waals surface area (Å²) in [5.41, 5.74) is 1.60. The molecule has 1 aliphatic carbocycles. The lowest BCUT2D eigenvalue weighted by atomic mass is 9.82. The zero-order valence-electron chi connectivity index (χ0n) is 18.4. The van der Waals surface area contributed by atoms with Crippen LogP contribution in [0, 0.1) is 0 Å². The molecule has 0 spiro atoms. The van der Waals surface area contributed by atoms with Crippen molar-refractivity contribution in [1.29, 1.82) is 0 Å². The molecule has 1 amide bonds. The molecule has 0 heterocycles. The summed E-state index contributed by atoms with van der Waals surface area (Å²) in [7, 11) is 0. The van der Waals surface area contributed by atoms with Crippen molar-refractivity contribution in [2.75, 3.05) is 6.54 Å². The Labute approximate surface area is 186 Å². The fourth-order valence-corrected chi connectivity index (χ4v) is 4.48. The van der Waals surface area contributed by atoms with Crippen molar-refractivity contribution in [1.82, 2.24) is 5.32 Å². The third kappa shape index (κ3) is 6.09. The standard InChI is InChI=1S/C26H34ClNO2/c1-19(20-14-16-22(27)17-15-20)24(21-10-6-4-7-11-21)18-28-25(29)26(2,3)30-23-12-8-5-9-13-23/h4,6-7,10-11,14-17,19,23-24H,5,8-9,12-13,18H2,1-3H3,(H,28,29). The number of halogens is 1. The molecule has 3 nitrogen and oxygen atoms in total. The molecule has 2 aromatic rings. The van der Waals surface area contributed by atoms with E-state index in [0.717, 1.165) is 17.9 Å². The molecular weight excluding hydrogens is 394 g/mol. The SMILES string of the molecule is CC(c1ccc(Cl)cc1)C(CNC(=O)C(C)(C)OC1CCCCC1)c1ccccc1. The van der Waals surface area contributed by atoms with Gasteiger partial charge in [-0.15, -0.1) is 0 Å². The first-order valence-corrected chi connectivity index (χ1v) is 11.5. The summed E-state index contributed by atoms with van der Waals surface area (Å²) in [5, 5.41) is 3.92. The molecule has 4 heteroatoms. The van der Waals surface area contributed by atoms with E-state index in [-0.39, 0.29) is 23.8 Å². The Morgan fingerprint density at radius 3 is 2.30 bits per heavy atom.